The minimum absolute atomic E-state index is 0.188. The largest absolute Gasteiger partial charge is 0.493 e. The Morgan fingerprint density at radius 2 is 1.84 bits per heavy atom. The van der Waals surface area contributed by atoms with Gasteiger partial charge in [0.1, 0.15) is 5.82 Å². The average Bonchev–Trinajstić information content (AvgIpc) is 3.22. The molecule has 0 bridgehead atoms. The molecule has 0 aliphatic carbocycles. The molecule has 1 heterocycles. The van der Waals surface area contributed by atoms with Crippen molar-refractivity contribution >= 4 is 18.0 Å². The number of benzene rings is 2. The Morgan fingerprint density at radius 1 is 1.19 bits per heavy atom. The molecular weight excluding hydrogens is 446 g/mol. The number of carbonyl (C=O) groups is 2. The summed E-state index contributed by atoms with van der Waals surface area (Å²) < 4.78 is 86.2. The second-order valence-corrected chi connectivity index (χ2v) is 6.60. The van der Waals surface area contributed by atoms with Gasteiger partial charge in [0.2, 0.25) is 12.2 Å². The molecule has 1 saturated heterocycles. The number of primary amides is 1. The fraction of sp³-hybridized carbons (Fsp3) is 0.300. The number of amides is 2. The van der Waals surface area contributed by atoms with Crippen LogP contribution in [0.25, 0.3) is 0 Å². The molecule has 0 aromatic heterocycles. The van der Waals surface area contributed by atoms with E-state index in [0.717, 1.165) is 19.2 Å². The maximum atomic E-state index is 13.5. The van der Waals surface area contributed by atoms with Gasteiger partial charge in [-0.25, -0.2) is 8.78 Å². The highest BCUT2D eigenvalue weighted by Crippen LogP contribution is 2.41. The van der Waals surface area contributed by atoms with Gasteiger partial charge in [-0.05, 0) is 30.7 Å². The summed E-state index contributed by atoms with van der Waals surface area (Å²) in [5, 5.41) is 2.28. The van der Waals surface area contributed by atoms with E-state index in [4.69, 9.17) is 10.5 Å². The highest BCUT2D eigenvalue weighted by atomic mass is 19.4. The van der Waals surface area contributed by atoms with Gasteiger partial charge in [0.25, 0.3) is 5.91 Å². The van der Waals surface area contributed by atoms with Crippen molar-refractivity contribution in [3.63, 3.8) is 0 Å². The van der Waals surface area contributed by atoms with Crippen molar-refractivity contribution in [3.05, 3.63) is 58.9 Å². The topological polar surface area (TPSA) is 90.7 Å². The Bertz CT molecular complexity index is 983. The minimum atomic E-state index is -4.46. The Morgan fingerprint density at radius 3 is 2.38 bits per heavy atom. The third kappa shape index (κ3) is 5.90. The summed E-state index contributed by atoms with van der Waals surface area (Å²) in [5.74, 6) is -4.91. The van der Waals surface area contributed by atoms with Crippen LogP contribution in [0, 0.1) is 17.5 Å². The number of halogens is 6. The second kappa shape index (κ2) is 10.4. The van der Waals surface area contributed by atoms with Gasteiger partial charge in [0.05, 0.1) is 19.3 Å². The number of anilines is 1. The van der Waals surface area contributed by atoms with Crippen molar-refractivity contribution in [2.24, 2.45) is 5.73 Å². The van der Waals surface area contributed by atoms with Gasteiger partial charge in [-0.15, -0.1) is 0 Å². The molecule has 0 spiro atoms. The van der Waals surface area contributed by atoms with E-state index in [-0.39, 0.29) is 29.9 Å². The zero-order valence-electron chi connectivity index (χ0n) is 16.5. The van der Waals surface area contributed by atoms with E-state index in [9.17, 15) is 35.9 Å². The molecule has 0 radical (unpaired) electrons. The van der Waals surface area contributed by atoms with Gasteiger partial charge in [-0.1, -0.05) is 6.07 Å². The van der Waals surface area contributed by atoms with Crippen molar-refractivity contribution < 1.29 is 45.4 Å². The Balaban J connectivity index is 0.000000244. The maximum Gasteiger partial charge on any atom is 0.414 e. The summed E-state index contributed by atoms with van der Waals surface area (Å²) in [6.45, 7) is -0.203. The molecule has 6 nitrogen and oxygen atoms in total. The van der Waals surface area contributed by atoms with E-state index >= 15 is 0 Å². The number of ether oxygens (including phenoxy) is 2. The third-order valence-corrected chi connectivity index (χ3v) is 4.54. The molecule has 2 aromatic carbocycles. The number of rotatable bonds is 5. The highest BCUT2D eigenvalue weighted by molar-refractivity contribution is 5.94. The summed E-state index contributed by atoms with van der Waals surface area (Å²) in [6, 6.07) is 5.66. The fourth-order valence-electron chi connectivity index (χ4n) is 3.02. The van der Waals surface area contributed by atoms with E-state index in [2.05, 4.69) is 10.1 Å². The van der Waals surface area contributed by atoms with Crippen LogP contribution in [-0.2, 0) is 9.53 Å². The number of carbonyl (C=O) groups excluding carboxylic acids is 2. The molecule has 1 fully saturated rings. The number of hydrogen-bond donors (Lipinski definition) is 2. The van der Waals surface area contributed by atoms with Crippen LogP contribution < -0.4 is 15.8 Å². The predicted octanol–water partition coefficient (Wildman–Crippen LogP) is 3.90. The van der Waals surface area contributed by atoms with Crippen molar-refractivity contribution in [3.8, 4) is 5.75 Å². The van der Waals surface area contributed by atoms with Crippen molar-refractivity contribution in [1.29, 1.82) is 0 Å². The van der Waals surface area contributed by atoms with E-state index in [1.54, 1.807) is 0 Å². The van der Waals surface area contributed by atoms with E-state index < -0.39 is 41.6 Å². The first-order chi connectivity index (χ1) is 15.0. The summed E-state index contributed by atoms with van der Waals surface area (Å²) >= 11 is 0. The molecule has 3 N–H and O–H groups in total. The molecule has 0 saturated carbocycles. The molecule has 2 aromatic rings. The summed E-state index contributed by atoms with van der Waals surface area (Å²) in [6.07, 6.45) is -6.24. The molecule has 3 rings (SSSR count). The average molecular weight is 464 g/mol. The quantitative estimate of drug-likeness (QED) is 0.519. The molecule has 12 heteroatoms. The van der Waals surface area contributed by atoms with Crippen LogP contribution in [0.4, 0.5) is 32.0 Å². The van der Waals surface area contributed by atoms with Crippen LogP contribution in [0.15, 0.2) is 30.3 Å². The fourth-order valence-corrected chi connectivity index (χ4v) is 3.02. The van der Waals surface area contributed by atoms with E-state index in [0.29, 0.717) is 12.1 Å². The van der Waals surface area contributed by atoms with Gasteiger partial charge in [0.15, 0.2) is 17.7 Å². The normalized spacial score (nSPS) is 17.8. The molecule has 2 unspecified atom stereocenters. The zero-order chi connectivity index (χ0) is 24.1. The number of nitrogens with one attached hydrogen (secondary N) is 1. The maximum absolute atomic E-state index is 13.5. The van der Waals surface area contributed by atoms with Crippen molar-refractivity contribution in [2.75, 3.05) is 19.0 Å². The predicted molar refractivity (Wildman–Crippen MR) is 101 cm³/mol. The number of alkyl halides is 3. The first-order valence-corrected chi connectivity index (χ1v) is 8.99. The van der Waals surface area contributed by atoms with Crippen LogP contribution in [0.1, 0.15) is 28.3 Å². The highest BCUT2D eigenvalue weighted by Gasteiger charge is 2.46. The Hall–Kier alpha value is -3.28. The van der Waals surface area contributed by atoms with Crippen LogP contribution in [0.2, 0.25) is 0 Å². The minimum Gasteiger partial charge on any atom is -0.493 e. The number of hydrogen-bond acceptors (Lipinski definition) is 4. The molecule has 2 atom stereocenters. The molecule has 2 amide bonds. The lowest BCUT2D eigenvalue weighted by molar-refractivity contribution is -0.206. The van der Waals surface area contributed by atoms with Crippen molar-refractivity contribution in [2.45, 2.75) is 24.6 Å². The van der Waals surface area contributed by atoms with E-state index in [1.165, 1.54) is 18.2 Å². The Labute approximate surface area is 178 Å². The lowest BCUT2D eigenvalue weighted by atomic mass is 9.95. The van der Waals surface area contributed by atoms with Gasteiger partial charge in [-0.3, -0.25) is 9.59 Å². The lowest BCUT2D eigenvalue weighted by Gasteiger charge is -2.15. The molecule has 1 aliphatic heterocycles. The molecule has 174 valence electrons. The monoisotopic (exact) mass is 464 g/mol. The molecule has 1 aliphatic rings. The first-order valence-electron chi connectivity index (χ1n) is 8.99. The van der Waals surface area contributed by atoms with Crippen LogP contribution in [0.5, 0.6) is 5.75 Å². The van der Waals surface area contributed by atoms with Crippen LogP contribution in [0.3, 0.4) is 0 Å². The van der Waals surface area contributed by atoms with Crippen molar-refractivity contribution in [1.82, 2.24) is 0 Å². The third-order valence-electron chi connectivity index (χ3n) is 4.54. The SMILES string of the molecule is COc1c(C2COC(C(F)(F)F)C2)ccc(F)c1F.NC(=O)c1cc(NC=O)ccc1F. The molecular formula is C20H18F6N2O4. The zero-order valence-corrected chi connectivity index (χ0v) is 16.5. The van der Waals surface area contributed by atoms with Crippen LogP contribution >= 0.6 is 0 Å². The smallest absolute Gasteiger partial charge is 0.414 e. The lowest BCUT2D eigenvalue weighted by Crippen LogP contribution is -2.27. The molecule has 32 heavy (non-hydrogen) atoms. The van der Waals surface area contributed by atoms with Gasteiger partial charge >= 0.3 is 6.18 Å². The Kier molecular flexibility index (Phi) is 8.08. The van der Waals surface area contributed by atoms with Gasteiger partial charge < -0.3 is 20.5 Å². The van der Waals surface area contributed by atoms with E-state index in [1.807, 2.05) is 0 Å². The van der Waals surface area contributed by atoms with Crippen LogP contribution in [-0.4, -0.2) is 38.3 Å². The second-order valence-electron chi connectivity index (χ2n) is 6.60. The summed E-state index contributed by atoms with van der Waals surface area (Å²) in [7, 11) is 1.14. The first kappa shape index (κ1) is 25.0. The van der Waals surface area contributed by atoms with Gasteiger partial charge in [-0.2, -0.15) is 17.6 Å². The summed E-state index contributed by atoms with van der Waals surface area (Å²) in [5.41, 5.74) is 5.15. The number of nitrogens with two attached hydrogens (primary N) is 1. The standard InChI is InChI=1S/C12H11F5O2.C8H7FN2O2/c1-18-11-7(2-3-8(13)10(11)14)6-4-9(19-5-6)12(15,16)17;9-7-2-1-5(11-4-12)3-6(7)8(10)13/h2-3,6,9H,4-5H2,1H3;1-4H,(H2,10,13)(H,11,12). The van der Waals surface area contributed by atoms with Gasteiger partial charge in [0, 0.05) is 17.2 Å². The summed E-state index contributed by atoms with van der Waals surface area (Å²) in [4.78, 5) is 20.7. The number of methoxy groups -OCH3 is 1.